The van der Waals surface area contributed by atoms with Crippen LogP contribution in [-0.2, 0) is 6.54 Å². The predicted octanol–water partition coefficient (Wildman–Crippen LogP) is 2.88. The number of rotatable bonds is 5. The van der Waals surface area contributed by atoms with Gasteiger partial charge in [-0.05, 0) is 42.5 Å². The molecule has 0 saturated carbocycles. The highest BCUT2D eigenvalue weighted by Gasteiger charge is 2.09. The lowest BCUT2D eigenvalue weighted by Gasteiger charge is -2.06. The highest BCUT2D eigenvalue weighted by Crippen LogP contribution is 2.13. The van der Waals surface area contributed by atoms with Gasteiger partial charge >= 0.3 is 0 Å². The van der Waals surface area contributed by atoms with Gasteiger partial charge in [0.05, 0.1) is 12.8 Å². The molecule has 1 amide bonds. The number of nitrogens with one attached hydrogen (secondary N) is 2. The summed E-state index contributed by atoms with van der Waals surface area (Å²) in [5.74, 6) is 0.229. The first-order valence-electron chi connectivity index (χ1n) is 6.87. The summed E-state index contributed by atoms with van der Waals surface area (Å²) in [6, 6.07) is 10.8. The van der Waals surface area contributed by atoms with Crippen LogP contribution in [0.25, 0.3) is 0 Å². The molecule has 2 heterocycles. The maximum absolute atomic E-state index is 12.9. The van der Waals surface area contributed by atoms with E-state index in [0.717, 1.165) is 0 Å². The fourth-order valence-electron chi connectivity index (χ4n) is 1.88. The lowest BCUT2D eigenvalue weighted by Crippen LogP contribution is -2.23. The number of halogens is 1. The van der Waals surface area contributed by atoms with Gasteiger partial charge in [-0.1, -0.05) is 0 Å². The van der Waals surface area contributed by atoms with Crippen LogP contribution in [0.1, 0.15) is 16.2 Å². The molecular formula is C16H13FN4O2. The summed E-state index contributed by atoms with van der Waals surface area (Å²) >= 11 is 0. The van der Waals surface area contributed by atoms with Gasteiger partial charge in [0.2, 0.25) is 5.95 Å². The van der Waals surface area contributed by atoms with Crippen LogP contribution in [0, 0.1) is 5.82 Å². The second kappa shape index (κ2) is 6.69. The maximum Gasteiger partial charge on any atom is 0.270 e. The van der Waals surface area contributed by atoms with Gasteiger partial charge in [0.25, 0.3) is 5.91 Å². The molecule has 3 rings (SSSR count). The Morgan fingerprint density at radius 1 is 1.17 bits per heavy atom. The number of aromatic nitrogens is 2. The predicted molar refractivity (Wildman–Crippen MR) is 81.6 cm³/mol. The Hall–Kier alpha value is -3.22. The third kappa shape index (κ3) is 3.91. The number of anilines is 2. The molecule has 0 fully saturated rings. The normalized spacial score (nSPS) is 10.3. The topological polar surface area (TPSA) is 80.0 Å². The van der Waals surface area contributed by atoms with Crippen LogP contribution in [-0.4, -0.2) is 15.9 Å². The molecule has 7 heteroatoms. The summed E-state index contributed by atoms with van der Waals surface area (Å²) in [6.45, 7) is 0.274. The summed E-state index contributed by atoms with van der Waals surface area (Å²) in [5, 5.41) is 5.61. The molecule has 0 spiro atoms. The number of benzene rings is 1. The van der Waals surface area contributed by atoms with Gasteiger partial charge in [-0.25, -0.2) is 14.4 Å². The summed E-state index contributed by atoms with van der Waals surface area (Å²) in [4.78, 5) is 20.2. The summed E-state index contributed by atoms with van der Waals surface area (Å²) in [5.41, 5.74) is 0.843. The highest BCUT2D eigenvalue weighted by atomic mass is 19.1. The fraction of sp³-hybridized carbons (Fsp3) is 0.0625. The van der Waals surface area contributed by atoms with Crippen LogP contribution in [0.3, 0.4) is 0 Å². The number of hydrogen-bond acceptors (Lipinski definition) is 5. The van der Waals surface area contributed by atoms with E-state index < -0.39 is 0 Å². The van der Waals surface area contributed by atoms with Crippen LogP contribution < -0.4 is 10.6 Å². The Balaban J connectivity index is 1.66. The SMILES string of the molecule is O=C(NCc1ccco1)c1ccnc(Nc2ccc(F)cc2)n1. The van der Waals surface area contributed by atoms with Gasteiger partial charge in [-0.3, -0.25) is 4.79 Å². The van der Waals surface area contributed by atoms with Crippen molar-refractivity contribution in [2.24, 2.45) is 0 Å². The van der Waals surface area contributed by atoms with Crippen LogP contribution >= 0.6 is 0 Å². The Morgan fingerprint density at radius 3 is 2.74 bits per heavy atom. The van der Waals surface area contributed by atoms with Crippen LogP contribution in [0.4, 0.5) is 16.0 Å². The van der Waals surface area contributed by atoms with Gasteiger partial charge in [0.15, 0.2) is 0 Å². The van der Waals surface area contributed by atoms with Gasteiger partial charge in [0.1, 0.15) is 17.3 Å². The standard InChI is InChI=1S/C16H13FN4O2/c17-11-3-5-12(6-4-11)20-16-18-8-7-14(21-16)15(22)19-10-13-2-1-9-23-13/h1-9H,10H2,(H,19,22)(H,18,20,21). The van der Waals surface area contributed by atoms with Gasteiger partial charge in [-0.2, -0.15) is 0 Å². The smallest absolute Gasteiger partial charge is 0.270 e. The molecule has 1 aromatic carbocycles. The van der Waals surface area contributed by atoms with Crippen molar-refractivity contribution in [3.63, 3.8) is 0 Å². The molecule has 0 radical (unpaired) electrons. The molecule has 0 atom stereocenters. The molecule has 0 unspecified atom stereocenters. The third-order valence-corrected chi connectivity index (χ3v) is 2.99. The van der Waals surface area contributed by atoms with Crippen molar-refractivity contribution >= 4 is 17.5 Å². The lowest BCUT2D eigenvalue weighted by molar-refractivity contribution is 0.0943. The van der Waals surface area contributed by atoms with Crippen LogP contribution in [0.5, 0.6) is 0 Å². The molecule has 23 heavy (non-hydrogen) atoms. The van der Waals surface area contributed by atoms with E-state index in [9.17, 15) is 9.18 Å². The quantitative estimate of drug-likeness (QED) is 0.757. The molecule has 0 aliphatic heterocycles. The van der Waals surface area contributed by atoms with E-state index in [-0.39, 0.29) is 29.9 Å². The van der Waals surface area contributed by atoms with Crippen molar-refractivity contribution in [2.45, 2.75) is 6.54 Å². The Kier molecular flexibility index (Phi) is 4.28. The van der Waals surface area contributed by atoms with Gasteiger partial charge in [0, 0.05) is 11.9 Å². The van der Waals surface area contributed by atoms with E-state index in [1.165, 1.54) is 30.7 Å². The summed E-state index contributed by atoms with van der Waals surface area (Å²) in [6.07, 6.45) is 3.01. The first-order valence-corrected chi connectivity index (χ1v) is 6.87. The van der Waals surface area contributed by atoms with Crippen molar-refractivity contribution in [1.82, 2.24) is 15.3 Å². The molecule has 0 bridgehead atoms. The minimum Gasteiger partial charge on any atom is -0.467 e. The van der Waals surface area contributed by atoms with E-state index in [1.54, 1.807) is 24.3 Å². The van der Waals surface area contributed by atoms with E-state index >= 15 is 0 Å². The summed E-state index contributed by atoms with van der Waals surface area (Å²) in [7, 11) is 0. The van der Waals surface area contributed by atoms with Crippen molar-refractivity contribution in [3.05, 3.63) is 72.2 Å². The van der Waals surface area contributed by atoms with Crippen molar-refractivity contribution in [3.8, 4) is 0 Å². The molecular weight excluding hydrogens is 299 g/mol. The molecule has 0 saturated heterocycles. The number of hydrogen-bond donors (Lipinski definition) is 2. The average Bonchev–Trinajstić information content (AvgIpc) is 3.08. The fourth-order valence-corrected chi connectivity index (χ4v) is 1.88. The molecule has 3 aromatic rings. The first kappa shape index (κ1) is 14.7. The molecule has 0 aliphatic rings. The minimum absolute atomic E-state index is 0.219. The van der Waals surface area contributed by atoms with Gasteiger partial charge < -0.3 is 15.1 Å². The first-order chi connectivity index (χ1) is 11.2. The summed E-state index contributed by atoms with van der Waals surface area (Å²) < 4.78 is 18.0. The number of carbonyl (C=O) groups is 1. The minimum atomic E-state index is -0.342. The zero-order valence-electron chi connectivity index (χ0n) is 12.0. The third-order valence-electron chi connectivity index (χ3n) is 2.99. The highest BCUT2D eigenvalue weighted by molar-refractivity contribution is 5.92. The van der Waals surface area contributed by atoms with Crippen LogP contribution in [0.2, 0.25) is 0 Å². The maximum atomic E-state index is 12.9. The average molecular weight is 312 g/mol. The van der Waals surface area contributed by atoms with E-state index in [2.05, 4.69) is 20.6 Å². The van der Waals surface area contributed by atoms with E-state index in [0.29, 0.717) is 11.4 Å². The second-order valence-corrected chi connectivity index (χ2v) is 4.66. The number of furan rings is 1. The zero-order valence-corrected chi connectivity index (χ0v) is 12.0. The Bertz CT molecular complexity index is 788. The number of nitrogens with zero attached hydrogens (tertiary/aromatic N) is 2. The zero-order chi connectivity index (χ0) is 16.1. The Morgan fingerprint density at radius 2 is 2.00 bits per heavy atom. The van der Waals surface area contributed by atoms with Crippen molar-refractivity contribution in [2.75, 3.05) is 5.32 Å². The van der Waals surface area contributed by atoms with E-state index in [1.807, 2.05) is 0 Å². The number of carbonyl (C=O) groups excluding carboxylic acids is 1. The Labute approximate surface area is 131 Å². The van der Waals surface area contributed by atoms with Crippen molar-refractivity contribution < 1.29 is 13.6 Å². The van der Waals surface area contributed by atoms with E-state index in [4.69, 9.17) is 4.42 Å². The second-order valence-electron chi connectivity index (χ2n) is 4.66. The lowest BCUT2D eigenvalue weighted by atomic mass is 10.3. The molecule has 6 nitrogen and oxygen atoms in total. The van der Waals surface area contributed by atoms with Crippen LogP contribution in [0.15, 0.2) is 59.3 Å². The monoisotopic (exact) mass is 312 g/mol. The number of amides is 1. The molecule has 116 valence electrons. The largest absolute Gasteiger partial charge is 0.467 e. The molecule has 2 aromatic heterocycles. The van der Waals surface area contributed by atoms with Crippen molar-refractivity contribution in [1.29, 1.82) is 0 Å². The van der Waals surface area contributed by atoms with Gasteiger partial charge in [-0.15, -0.1) is 0 Å². The molecule has 0 aliphatic carbocycles. The molecule has 2 N–H and O–H groups in total.